The average molecular weight is 324 g/mol. The molecule has 1 amide bonds. The normalized spacial score (nSPS) is 12.4. The summed E-state index contributed by atoms with van der Waals surface area (Å²) < 4.78 is 0. The number of nitrogens with zero attached hydrogens (tertiary/aromatic N) is 2. The molecule has 1 atom stereocenters. The van der Waals surface area contributed by atoms with Gasteiger partial charge in [-0.1, -0.05) is 31.3 Å². The van der Waals surface area contributed by atoms with Crippen molar-refractivity contribution in [1.82, 2.24) is 10.3 Å². The Morgan fingerprint density at radius 3 is 2.62 bits per heavy atom. The van der Waals surface area contributed by atoms with E-state index < -0.39 is 0 Å². The van der Waals surface area contributed by atoms with E-state index in [1.54, 1.807) is 11.3 Å². The van der Waals surface area contributed by atoms with Crippen LogP contribution in [0, 0.1) is 5.92 Å². The minimum Gasteiger partial charge on any atom is -0.382 e. The van der Waals surface area contributed by atoms with Crippen molar-refractivity contribution in [2.24, 2.45) is 5.92 Å². The van der Waals surface area contributed by atoms with Gasteiger partial charge in [-0.15, -0.1) is 11.3 Å². The molecule has 0 fully saturated rings. The molecule has 0 saturated heterocycles. The standard InChI is InChI=1S/C14H20N4OS2/c1-8(2)10(9-6-5-7-20-9)16-13(19)11-12(15)17-14(21-11)18(3)4/h5-8,10H,15H2,1-4H3,(H,16,19). The molecule has 7 heteroatoms. The number of carbonyl (C=O) groups excluding carboxylic acids is 1. The van der Waals surface area contributed by atoms with Crippen molar-refractivity contribution in [2.75, 3.05) is 24.7 Å². The molecule has 0 spiro atoms. The maximum absolute atomic E-state index is 12.5. The third kappa shape index (κ3) is 3.54. The predicted molar refractivity (Wildman–Crippen MR) is 90.2 cm³/mol. The van der Waals surface area contributed by atoms with E-state index in [9.17, 15) is 4.79 Å². The number of rotatable bonds is 5. The van der Waals surface area contributed by atoms with Gasteiger partial charge in [0.25, 0.3) is 5.91 Å². The van der Waals surface area contributed by atoms with Crippen molar-refractivity contribution in [3.8, 4) is 0 Å². The fourth-order valence-electron chi connectivity index (χ4n) is 1.92. The number of anilines is 2. The van der Waals surface area contributed by atoms with Crippen LogP contribution in [0.3, 0.4) is 0 Å². The average Bonchev–Trinajstić information content (AvgIpc) is 3.04. The smallest absolute Gasteiger partial charge is 0.265 e. The van der Waals surface area contributed by atoms with Gasteiger partial charge in [-0.25, -0.2) is 4.98 Å². The zero-order valence-electron chi connectivity index (χ0n) is 12.6. The molecule has 3 N–H and O–H groups in total. The number of nitrogen functional groups attached to an aromatic ring is 1. The number of carbonyl (C=O) groups is 1. The molecule has 0 aliphatic heterocycles. The number of thiophene rings is 1. The number of amides is 1. The Kier molecular flexibility index (Phi) is 4.84. The van der Waals surface area contributed by atoms with Crippen molar-refractivity contribution in [2.45, 2.75) is 19.9 Å². The van der Waals surface area contributed by atoms with Gasteiger partial charge in [-0.3, -0.25) is 4.79 Å². The predicted octanol–water partition coefficient (Wildman–Crippen LogP) is 2.98. The van der Waals surface area contributed by atoms with Gasteiger partial charge in [-0.2, -0.15) is 0 Å². The summed E-state index contributed by atoms with van der Waals surface area (Å²) in [6.45, 7) is 4.18. The fraction of sp³-hybridized carbons (Fsp3) is 0.429. The number of thiazole rings is 1. The van der Waals surface area contributed by atoms with Gasteiger partial charge in [0.2, 0.25) is 0 Å². The van der Waals surface area contributed by atoms with Crippen LogP contribution in [-0.4, -0.2) is 25.0 Å². The molecular weight excluding hydrogens is 304 g/mol. The lowest BCUT2D eigenvalue weighted by Crippen LogP contribution is -2.31. The minimum absolute atomic E-state index is 0.0122. The molecule has 2 heterocycles. The monoisotopic (exact) mass is 324 g/mol. The summed E-state index contributed by atoms with van der Waals surface area (Å²) in [6, 6.07) is 4.02. The van der Waals surface area contributed by atoms with Crippen LogP contribution in [0.25, 0.3) is 0 Å². The summed E-state index contributed by atoms with van der Waals surface area (Å²) >= 11 is 2.95. The quantitative estimate of drug-likeness (QED) is 0.887. The van der Waals surface area contributed by atoms with Crippen LogP contribution in [0.5, 0.6) is 0 Å². The van der Waals surface area contributed by atoms with Gasteiger partial charge in [0, 0.05) is 19.0 Å². The topological polar surface area (TPSA) is 71.2 Å². The first-order valence-electron chi connectivity index (χ1n) is 6.68. The summed E-state index contributed by atoms with van der Waals surface area (Å²) in [4.78, 5) is 20.2. The molecule has 0 saturated carbocycles. The molecule has 0 radical (unpaired) electrons. The van der Waals surface area contributed by atoms with Crippen molar-refractivity contribution >= 4 is 39.5 Å². The van der Waals surface area contributed by atoms with Gasteiger partial charge in [-0.05, 0) is 17.4 Å². The molecule has 0 aliphatic rings. The summed E-state index contributed by atoms with van der Waals surface area (Å²) in [5, 5.41) is 5.82. The molecule has 0 aromatic carbocycles. The highest BCUT2D eigenvalue weighted by molar-refractivity contribution is 7.18. The van der Waals surface area contributed by atoms with Crippen molar-refractivity contribution in [1.29, 1.82) is 0 Å². The Morgan fingerprint density at radius 2 is 2.14 bits per heavy atom. The van der Waals surface area contributed by atoms with E-state index in [-0.39, 0.29) is 17.8 Å². The number of nitrogens with one attached hydrogen (secondary N) is 1. The highest BCUT2D eigenvalue weighted by Crippen LogP contribution is 2.30. The van der Waals surface area contributed by atoms with E-state index >= 15 is 0 Å². The number of aromatic nitrogens is 1. The highest BCUT2D eigenvalue weighted by Gasteiger charge is 2.23. The van der Waals surface area contributed by atoms with Crippen LogP contribution in [0.4, 0.5) is 10.9 Å². The minimum atomic E-state index is -0.162. The van der Waals surface area contributed by atoms with Gasteiger partial charge in [0.15, 0.2) is 5.13 Å². The Bertz CT molecular complexity index is 605. The van der Waals surface area contributed by atoms with Crippen LogP contribution in [0.15, 0.2) is 17.5 Å². The van der Waals surface area contributed by atoms with Crippen molar-refractivity contribution in [3.05, 3.63) is 27.3 Å². The van der Waals surface area contributed by atoms with E-state index in [2.05, 4.69) is 24.1 Å². The summed E-state index contributed by atoms with van der Waals surface area (Å²) in [6.07, 6.45) is 0. The van der Waals surface area contributed by atoms with E-state index in [1.165, 1.54) is 11.3 Å². The molecule has 5 nitrogen and oxygen atoms in total. The number of hydrogen-bond donors (Lipinski definition) is 2. The molecule has 1 unspecified atom stereocenters. The van der Waals surface area contributed by atoms with Crippen LogP contribution in [-0.2, 0) is 0 Å². The summed E-state index contributed by atoms with van der Waals surface area (Å²) in [5.41, 5.74) is 5.86. The lowest BCUT2D eigenvalue weighted by molar-refractivity contribution is 0.0931. The van der Waals surface area contributed by atoms with Gasteiger partial charge in [0.05, 0.1) is 6.04 Å². The summed E-state index contributed by atoms with van der Waals surface area (Å²) in [7, 11) is 3.76. The largest absolute Gasteiger partial charge is 0.382 e. The lowest BCUT2D eigenvalue weighted by atomic mass is 10.0. The SMILES string of the molecule is CC(C)C(NC(=O)c1sc(N(C)C)nc1N)c1cccs1. The van der Waals surface area contributed by atoms with Crippen LogP contribution >= 0.6 is 22.7 Å². The van der Waals surface area contributed by atoms with Gasteiger partial charge in [0.1, 0.15) is 10.7 Å². The maximum Gasteiger partial charge on any atom is 0.265 e. The van der Waals surface area contributed by atoms with E-state index in [0.29, 0.717) is 10.8 Å². The number of hydrogen-bond acceptors (Lipinski definition) is 6. The van der Waals surface area contributed by atoms with Crippen LogP contribution < -0.4 is 16.0 Å². The van der Waals surface area contributed by atoms with Gasteiger partial charge >= 0.3 is 0 Å². The van der Waals surface area contributed by atoms with Crippen LogP contribution in [0.1, 0.15) is 34.4 Å². The Balaban J connectivity index is 2.20. The summed E-state index contributed by atoms with van der Waals surface area (Å²) in [5.74, 6) is 0.426. The van der Waals surface area contributed by atoms with E-state index in [4.69, 9.17) is 5.73 Å². The van der Waals surface area contributed by atoms with E-state index in [0.717, 1.165) is 10.0 Å². The zero-order chi connectivity index (χ0) is 15.6. The van der Waals surface area contributed by atoms with Gasteiger partial charge < -0.3 is 16.0 Å². The maximum atomic E-state index is 12.5. The highest BCUT2D eigenvalue weighted by atomic mass is 32.1. The number of nitrogens with two attached hydrogens (primary N) is 1. The van der Waals surface area contributed by atoms with E-state index in [1.807, 2.05) is 36.5 Å². The molecule has 114 valence electrons. The molecular formula is C14H20N4OS2. The Labute approximate surface area is 132 Å². The lowest BCUT2D eigenvalue weighted by Gasteiger charge is -2.20. The van der Waals surface area contributed by atoms with Crippen molar-refractivity contribution in [3.63, 3.8) is 0 Å². The van der Waals surface area contributed by atoms with Crippen LogP contribution in [0.2, 0.25) is 0 Å². The molecule has 21 heavy (non-hydrogen) atoms. The Hall–Kier alpha value is -1.60. The Morgan fingerprint density at radius 1 is 1.43 bits per heavy atom. The first-order valence-corrected chi connectivity index (χ1v) is 8.37. The second-order valence-electron chi connectivity index (χ2n) is 5.32. The van der Waals surface area contributed by atoms with Crippen molar-refractivity contribution < 1.29 is 4.79 Å². The molecule has 2 aromatic rings. The second kappa shape index (κ2) is 6.44. The zero-order valence-corrected chi connectivity index (χ0v) is 14.2. The first-order chi connectivity index (χ1) is 9.90. The second-order valence-corrected chi connectivity index (χ2v) is 7.27. The first kappa shape index (κ1) is 15.8. The molecule has 0 bridgehead atoms. The molecule has 2 aromatic heterocycles. The fourth-order valence-corrected chi connectivity index (χ4v) is 3.68. The third-order valence-corrected chi connectivity index (χ3v) is 5.23. The third-order valence-electron chi connectivity index (χ3n) is 3.03. The molecule has 2 rings (SSSR count). The molecule has 0 aliphatic carbocycles.